The topological polar surface area (TPSA) is 26.0 Å². The second-order valence-corrected chi connectivity index (χ2v) is 7.98. The standard InChI is InChI=1S/C17H26FN/c1-12-6-7-13(8-14(12)18)17(19)10-15(2,3)9-16(4,5)11-17/h6-8H,9-11,19H2,1-5H3. The summed E-state index contributed by atoms with van der Waals surface area (Å²) in [6.45, 7) is 10.8. The van der Waals surface area contributed by atoms with Crippen molar-refractivity contribution in [1.82, 2.24) is 0 Å². The zero-order valence-corrected chi connectivity index (χ0v) is 12.8. The summed E-state index contributed by atoms with van der Waals surface area (Å²) in [5.41, 5.74) is 8.27. The third kappa shape index (κ3) is 3.00. The van der Waals surface area contributed by atoms with Gasteiger partial charge in [-0.3, -0.25) is 0 Å². The van der Waals surface area contributed by atoms with Crippen LogP contribution >= 0.6 is 0 Å². The van der Waals surface area contributed by atoms with Gasteiger partial charge in [-0.2, -0.15) is 0 Å². The summed E-state index contributed by atoms with van der Waals surface area (Å²) in [4.78, 5) is 0. The van der Waals surface area contributed by atoms with E-state index in [9.17, 15) is 4.39 Å². The number of nitrogens with two attached hydrogens (primary N) is 1. The molecule has 0 aromatic heterocycles. The molecule has 0 unspecified atom stereocenters. The molecule has 0 radical (unpaired) electrons. The molecule has 1 fully saturated rings. The fraction of sp³-hybridized carbons (Fsp3) is 0.647. The van der Waals surface area contributed by atoms with E-state index in [1.807, 2.05) is 12.1 Å². The fourth-order valence-corrected chi connectivity index (χ4v) is 4.30. The van der Waals surface area contributed by atoms with E-state index in [2.05, 4.69) is 27.7 Å². The fourth-order valence-electron chi connectivity index (χ4n) is 4.30. The second-order valence-electron chi connectivity index (χ2n) is 7.98. The Bertz CT molecular complexity index is 472. The summed E-state index contributed by atoms with van der Waals surface area (Å²) >= 11 is 0. The summed E-state index contributed by atoms with van der Waals surface area (Å²) in [5.74, 6) is -0.150. The highest BCUT2D eigenvalue weighted by Crippen LogP contribution is 2.52. The third-order valence-corrected chi connectivity index (χ3v) is 4.29. The highest BCUT2D eigenvalue weighted by Gasteiger charge is 2.46. The average Bonchev–Trinajstić information content (AvgIpc) is 2.16. The predicted octanol–water partition coefficient (Wildman–Crippen LogP) is 4.52. The molecule has 0 spiro atoms. The van der Waals surface area contributed by atoms with Gasteiger partial charge >= 0.3 is 0 Å². The number of hydrogen-bond acceptors (Lipinski definition) is 1. The molecule has 106 valence electrons. The lowest BCUT2D eigenvalue weighted by Gasteiger charge is -2.50. The lowest BCUT2D eigenvalue weighted by molar-refractivity contribution is 0.0469. The van der Waals surface area contributed by atoms with E-state index in [1.54, 1.807) is 13.0 Å². The molecule has 0 atom stereocenters. The first-order valence-corrected chi connectivity index (χ1v) is 7.09. The zero-order chi connectivity index (χ0) is 14.5. The highest BCUT2D eigenvalue weighted by atomic mass is 19.1. The summed E-state index contributed by atoms with van der Waals surface area (Å²) in [5, 5.41) is 0. The Balaban J connectivity index is 2.43. The van der Waals surface area contributed by atoms with E-state index in [0.717, 1.165) is 24.8 Å². The average molecular weight is 263 g/mol. The van der Waals surface area contributed by atoms with Crippen LogP contribution in [0.15, 0.2) is 18.2 Å². The van der Waals surface area contributed by atoms with Crippen molar-refractivity contribution in [3.63, 3.8) is 0 Å². The molecule has 2 N–H and O–H groups in total. The molecular weight excluding hydrogens is 237 g/mol. The van der Waals surface area contributed by atoms with Crippen LogP contribution in [0, 0.1) is 23.6 Å². The first-order chi connectivity index (χ1) is 8.53. The van der Waals surface area contributed by atoms with Gasteiger partial charge in [0.25, 0.3) is 0 Å². The molecule has 1 aliphatic rings. The van der Waals surface area contributed by atoms with Gasteiger partial charge in [0, 0.05) is 5.54 Å². The molecule has 1 saturated carbocycles. The van der Waals surface area contributed by atoms with Gasteiger partial charge in [-0.15, -0.1) is 0 Å². The lowest BCUT2D eigenvalue weighted by atomic mass is 9.57. The van der Waals surface area contributed by atoms with Crippen LogP contribution in [0.5, 0.6) is 0 Å². The minimum atomic E-state index is -0.417. The van der Waals surface area contributed by atoms with Gasteiger partial charge < -0.3 is 5.73 Å². The SMILES string of the molecule is Cc1ccc(C2(N)CC(C)(C)CC(C)(C)C2)cc1F. The predicted molar refractivity (Wildman–Crippen MR) is 78.4 cm³/mol. The molecule has 0 saturated heterocycles. The summed E-state index contributed by atoms with van der Waals surface area (Å²) < 4.78 is 13.8. The summed E-state index contributed by atoms with van der Waals surface area (Å²) in [7, 11) is 0. The quantitative estimate of drug-likeness (QED) is 0.791. The molecule has 1 aliphatic carbocycles. The van der Waals surface area contributed by atoms with Crippen molar-refractivity contribution in [3.05, 3.63) is 35.1 Å². The van der Waals surface area contributed by atoms with E-state index in [0.29, 0.717) is 5.56 Å². The van der Waals surface area contributed by atoms with E-state index in [4.69, 9.17) is 5.73 Å². The van der Waals surface area contributed by atoms with Crippen molar-refractivity contribution in [2.75, 3.05) is 0 Å². The summed E-state index contributed by atoms with van der Waals surface area (Å²) in [6, 6.07) is 5.47. The van der Waals surface area contributed by atoms with Gasteiger partial charge in [-0.25, -0.2) is 4.39 Å². The van der Waals surface area contributed by atoms with E-state index in [1.165, 1.54) is 0 Å². The number of benzene rings is 1. The van der Waals surface area contributed by atoms with E-state index < -0.39 is 5.54 Å². The molecule has 2 rings (SSSR count). The van der Waals surface area contributed by atoms with Crippen molar-refractivity contribution in [2.45, 2.75) is 59.4 Å². The van der Waals surface area contributed by atoms with Gasteiger partial charge in [0.2, 0.25) is 0 Å². The molecule has 1 aromatic rings. The molecule has 2 heteroatoms. The Morgan fingerprint density at radius 2 is 1.53 bits per heavy atom. The van der Waals surface area contributed by atoms with Crippen LogP contribution in [-0.2, 0) is 5.54 Å². The second kappa shape index (κ2) is 4.31. The van der Waals surface area contributed by atoms with Crippen LogP contribution in [0.4, 0.5) is 4.39 Å². The lowest BCUT2D eigenvalue weighted by Crippen LogP contribution is -2.49. The van der Waals surface area contributed by atoms with E-state index >= 15 is 0 Å². The molecule has 1 aromatic carbocycles. The van der Waals surface area contributed by atoms with E-state index in [-0.39, 0.29) is 16.6 Å². The minimum Gasteiger partial charge on any atom is -0.321 e. The Morgan fingerprint density at radius 3 is 2.00 bits per heavy atom. The monoisotopic (exact) mass is 263 g/mol. The first-order valence-electron chi connectivity index (χ1n) is 7.09. The molecule has 0 amide bonds. The molecule has 0 bridgehead atoms. The molecule has 19 heavy (non-hydrogen) atoms. The van der Waals surface area contributed by atoms with Gasteiger partial charge in [0.05, 0.1) is 0 Å². The van der Waals surface area contributed by atoms with Crippen molar-refractivity contribution < 1.29 is 4.39 Å². The van der Waals surface area contributed by atoms with Gasteiger partial charge in [0.1, 0.15) is 5.82 Å². The summed E-state index contributed by atoms with van der Waals surface area (Å²) in [6.07, 6.45) is 2.98. The zero-order valence-electron chi connectivity index (χ0n) is 12.8. The van der Waals surface area contributed by atoms with Crippen LogP contribution in [0.25, 0.3) is 0 Å². The molecule has 0 heterocycles. The number of hydrogen-bond donors (Lipinski definition) is 1. The van der Waals surface area contributed by atoms with Crippen LogP contribution in [-0.4, -0.2) is 0 Å². The van der Waals surface area contributed by atoms with Crippen LogP contribution in [0.3, 0.4) is 0 Å². The normalized spacial score (nSPS) is 24.2. The Labute approximate surface area is 116 Å². The maximum atomic E-state index is 13.8. The maximum absolute atomic E-state index is 13.8. The largest absolute Gasteiger partial charge is 0.321 e. The van der Waals surface area contributed by atoms with Crippen molar-refractivity contribution in [3.8, 4) is 0 Å². The van der Waals surface area contributed by atoms with Crippen molar-refractivity contribution >= 4 is 0 Å². The van der Waals surface area contributed by atoms with Gasteiger partial charge in [-0.1, -0.05) is 39.8 Å². The number of rotatable bonds is 1. The highest BCUT2D eigenvalue weighted by molar-refractivity contribution is 5.30. The van der Waals surface area contributed by atoms with Crippen LogP contribution in [0.2, 0.25) is 0 Å². The van der Waals surface area contributed by atoms with Crippen LogP contribution < -0.4 is 5.73 Å². The van der Waals surface area contributed by atoms with Crippen molar-refractivity contribution in [2.24, 2.45) is 16.6 Å². The maximum Gasteiger partial charge on any atom is 0.126 e. The minimum absolute atomic E-state index is 0.150. The van der Waals surface area contributed by atoms with Gasteiger partial charge in [-0.05, 0) is 54.2 Å². The first kappa shape index (κ1) is 14.5. The molecule has 1 nitrogen and oxygen atoms in total. The number of aryl methyl sites for hydroxylation is 1. The Kier molecular flexibility index (Phi) is 3.29. The third-order valence-electron chi connectivity index (χ3n) is 4.29. The Morgan fingerprint density at radius 1 is 1.00 bits per heavy atom. The van der Waals surface area contributed by atoms with Crippen molar-refractivity contribution in [1.29, 1.82) is 0 Å². The van der Waals surface area contributed by atoms with Gasteiger partial charge in [0.15, 0.2) is 0 Å². The smallest absolute Gasteiger partial charge is 0.126 e. The molecular formula is C17H26FN. The molecule has 0 aliphatic heterocycles. The number of halogens is 1. The Hall–Kier alpha value is -0.890. The van der Waals surface area contributed by atoms with Crippen LogP contribution in [0.1, 0.15) is 58.1 Å².